The smallest absolute Gasteiger partial charge is 0.122 e. The first kappa shape index (κ1) is 15.8. The minimum Gasteiger partial charge on any atom is -0.491 e. The van der Waals surface area contributed by atoms with Crippen molar-refractivity contribution in [3.8, 4) is 5.75 Å². The molecule has 22 heavy (non-hydrogen) atoms. The average Bonchev–Trinajstić information content (AvgIpc) is 3.15. The predicted molar refractivity (Wildman–Crippen MR) is 89.1 cm³/mol. The maximum Gasteiger partial charge on any atom is 0.122 e. The van der Waals surface area contributed by atoms with Gasteiger partial charge in [0.15, 0.2) is 0 Å². The van der Waals surface area contributed by atoms with E-state index in [0.717, 1.165) is 29.1 Å². The molecule has 122 valence electrons. The first-order chi connectivity index (χ1) is 10.6. The number of nitrogens with one attached hydrogen (secondary N) is 1. The summed E-state index contributed by atoms with van der Waals surface area (Å²) in [6.45, 7) is 5.26. The fourth-order valence-electron chi connectivity index (χ4n) is 4.34. The molecule has 1 aromatic rings. The predicted octanol–water partition coefficient (Wildman–Crippen LogP) is 3.15. The second kappa shape index (κ2) is 7.01. The standard InChI is InChI=1S/C19H29NO2/c1-13-5-3-4-6-19(13)22-12-17(21)11-20-14(2)18-10-15-7-8-16(18)9-15/h3-6,14-18,20-21H,7-12H2,1-2H3/t14-,15+,16+,17-,18+/m1/s1. The van der Waals surface area contributed by atoms with Crippen LogP contribution in [-0.2, 0) is 0 Å². The van der Waals surface area contributed by atoms with Crippen molar-refractivity contribution in [3.05, 3.63) is 29.8 Å². The third-order valence-electron chi connectivity index (χ3n) is 5.64. The van der Waals surface area contributed by atoms with E-state index in [-0.39, 0.29) is 0 Å². The summed E-state index contributed by atoms with van der Waals surface area (Å²) in [4.78, 5) is 0. The van der Waals surface area contributed by atoms with Gasteiger partial charge in [-0.3, -0.25) is 0 Å². The Morgan fingerprint density at radius 1 is 1.27 bits per heavy atom. The zero-order valence-electron chi connectivity index (χ0n) is 13.8. The third kappa shape index (κ3) is 3.64. The molecular weight excluding hydrogens is 274 g/mol. The number of rotatable bonds is 7. The van der Waals surface area contributed by atoms with Gasteiger partial charge in [0.2, 0.25) is 0 Å². The summed E-state index contributed by atoms with van der Waals surface area (Å²) >= 11 is 0. The van der Waals surface area contributed by atoms with Crippen molar-refractivity contribution >= 4 is 0 Å². The topological polar surface area (TPSA) is 41.5 Å². The lowest BCUT2D eigenvalue weighted by Gasteiger charge is -2.29. The van der Waals surface area contributed by atoms with Crippen LogP contribution in [0.3, 0.4) is 0 Å². The molecule has 2 bridgehead atoms. The highest BCUT2D eigenvalue weighted by atomic mass is 16.5. The summed E-state index contributed by atoms with van der Waals surface area (Å²) in [6.07, 6.45) is 5.23. The van der Waals surface area contributed by atoms with Gasteiger partial charge in [0.05, 0.1) is 0 Å². The van der Waals surface area contributed by atoms with Gasteiger partial charge in [0.25, 0.3) is 0 Å². The maximum absolute atomic E-state index is 10.1. The number of benzene rings is 1. The molecule has 0 amide bonds. The Morgan fingerprint density at radius 2 is 2.09 bits per heavy atom. The van der Waals surface area contributed by atoms with E-state index in [0.29, 0.717) is 19.2 Å². The summed E-state index contributed by atoms with van der Waals surface area (Å²) < 4.78 is 5.72. The fourth-order valence-corrected chi connectivity index (χ4v) is 4.34. The molecule has 0 spiro atoms. The number of hydrogen-bond donors (Lipinski definition) is 2. The number of hydrogen-bond acceptors (Lipinski definition) is 3. The van der Waals surface area contributed by atoms with Gasteiger partial charge in [-0.05, 0) is 62.5 Å². The van der Waals surface area contributed by atoms with Gasteiger partial charge in [0, 0.05) is 12.6 Å². The Hall–Kier alpha value is -1.06. The molecule has 0 heterocycles. The van der Waals surface area contributed by atoms with Crippen LogP contribution >= 0.6 is 0 Å². The molecule has 2 N–H and O–H groups in total. The normalized spacial score (nSPS) is 29.5. The van der Waals surface area contributed by atoms with Crippen molar-refractivity contribution in [3.63, 3.8) is 0 Å². The van der Waals surface area contributed by atoms with E-state index in [4.69, 9.17) is 4.74 Å². The summed E-state index contributed by atoms with van der Waals surface area (Å²) in [6, 6.07) is 8.44. The second-order valence-electron chi connectivity index (χ2n) is 7.27. The van der Waals surface area contributed by atoms with Crippen LogP contribution in [0.25, 0.3) is 0 Å². The van der Waals surface area contributed by atoms with E-state index in [9.17, 15) is 5.11 Å². The van der Waals surface area contributed by atoms with Crippen LogP contribution in [0.5, 0.6) is 5.75 Å². The molecule has 2 aliphatic carbocycles. The Bertz CT molecular complexity index is 490. The van der Waals surface area contributed by atoms with Crippen molar-refractivity contribution < 1.29 is 9.84 Å². The van der Waals surface area contributed by atoms with E-state index in [2.05, 4.69) is 12.2 Å². The molecule has 5 atom stereocenters. The number of fused-ring (bicyclic) bond motifs is 2. The van der Waals surface area contributed by atoms with E-state index >= 15 is 0 Å². The molecule has 2 fully saturated rings. The van der Waals surface area contributed by atoms with E-state index < -0.39 is 6.10 Å². The monoisotopic (exact) mass is 303 g/mol. The van der Waals surface area contributed by atoms with Crippen LogP contribution in [0.2, 0.25) is 0 Å². The molecule has 3 nitrogen and oxygen atoms in total. The maximum atomic E-state index is 10.1. The average molecular weight is 303 g/mol. The Morgan fingerprint density at radius 3 is 2.77 bits per heavy atom. The van der Waals surface area contributed by atoms with Crippen LogP contribution < -0.4 is 10.1 Å². The van der Waals surface area contributed by atoms with Crippen LogP contribution in [-0.4, -0.2) is 30.4 Å². The Kier molecular flexibility index (Phi) is 5.04. The first-order valence-corrected chi connectivity index (χ1v) is 8.73. The molecule has 0 aliphatic heterocycles. The molecule has 0 radical (unpaired) electrons. The number of aliphatic hydroxyl groups excluding tert-OH is 1. The molecule has 0 saturated heterocycles. The molecular formula is C19H29NO2. The van der Waals surface area contributed by atoms with Crippen molar-refractivity contribution in [1.29, 1.82) is 0 Å². The van der Waals surface area contributed by atoms with Crippen LogP contribution in [0.1, 0.15) is 38.2 Å². The van der Waals surface area contributed by atoms with E-state index in [1.54, 1.807) is 0 Å². The van der Waals surface area contributed by atoms with Gasteiger partial charge in [-0.15, -0.1) is 0 Å². The number of aliphatic hydroxyl groups is 1. The molecule has 2 saturated carbocycles. The van der Waals surface area contributed by atoms with Gasteiger partial charge in [-0.25, -0.2) is 0 Å². The molecule has 3 heteroatoms. The van der Waals surface area contributed by atoms with Gasteiger partial charge < -0.3 is 15.2 Å². The van der Waals surface area contributed by atoms with Crippen LogP contribution in [0, 0.1) is 24.7 Å². The lowest BCUT2D eigenvalue weighted by molar-refractivity contribution is 0.0990. The molecule has 0 unspecified atom stereocenters. The molecule has 3 rings (SSSR count). The van der Waals surface area contributed by atoms with Crippen molar-refractivity contribution in [2.45, 2.75) is 51.7 Å². The minimum absolute atomic E-state index is 0.349. The molecule has 0 aromatic heterocycles. The number of para-hydroxylation sites is 1. The zero-order chi connectivity index (χ0) is 15.5. The first-order valence-electron chi connectivity index (χ1n) is 8.73. The van der Waals surface area contributed by atoms with Crippen LogP contribution in [0.15, 0.2) is 24.3 Å². The summed E-state index contributed by atoms with van der Waals surface area (Å²) in [7, 11) is 0. The van der Waals surface area contributed by atoms with Crippen molar-refractivity contribution in [2.24, 2.45) is 17.8 Å². The van der Waals surface area contributed by atoms with E-state index in [1.165, 1.54) is 25.7 Å². The largest absolute Gasteiger partial charge is 0.491 e. The van der Waals surface area contributed by atoms with Gasteiger partial charge in [-0.1, -0.05) is 24.6 Å². The highest BCUT2D eigenvalue weighted by Gasteiger charge is 2.41. The highest BCUT2D eigenvalue weighted by Crippen LogP contribution is 2.49. The molecule has 1 aromatic carbocycles. The lowest BCUT2D eigenvalue weighted by atomic mass is 9.84. The highest BCUT2D eigenvalue weighted by molar-refractivity contribution is 5.31. The fraction of sp³-hybridized carbons (Fsp3) is 0.684. The quantitative estimate of drug-likeness (QED) is 0.813. The van der Waals surface area contributed by atoms with Crippen molar-refractivity contribution in [2.75, 3.05) is 13.2 Å². The lowest BCUT2D eigenvalue weighted by Crippen LogP contribution is -2.41. The minimum atomic E-state index is -0.458. The number of ether oxygens (including phenoxy) is 1. The summed E-state index contributed by atoms with van der Waals surface area (Å²) in [5.41, 5.74) is 1.11. The SMILES string of the molecule is Cc1ccccc1OC[C@H](O)CN[C@H](C)[C@@H]1C[C@H]2CC[C@H]1C2. The Balaban J connectivity index is 1.39. The summed E-state index contributed by atoms with van der Waals surface area (Å²) in [5, 5.41) is 13.7. The zero-order valence-corrected chi connectivity index (χ0v) is 13.8. The number of aryl methyl sites for hydroxylation is 1. The summed E-state index contributed by atoms with van der Waals surface area (Å²) in [5.74, 6) is 3.58. The van der Waals surface area contributed by atoms with Crippen LogP contribution in [0.4, 0.5) is 0 Å². The van der Waals surface area contributed by atoms with Gasteiger partial charge in [0.1, 0.15) is 18.5 Å². The van der Waals surface area contributed by atoms with Crippen molar-refractivity contribution in [1.82, 2.24) is 5.32 Å². The molecule has 2 aliphatic rings. The van der Waals surface area contributed by atoms with Gasteiger partial charge in [-0.2, -0.15) is 0 Å². The Labute approximate surface area is 134 Å². The third-order valence-corrected chi connectivity index (χ3v) is 5.64. The van der Waals surface area contributed by atoms with Gasteiger partial charge >= 0.3 is 0 Å². The second-order valence-corrected chi connectivity index (χ2v) is 7.27. The van der Waals surface area contributed by atoms with E-state index in [1.807, 2.05) is 31.2 Å².